The van der Waals surface area contributed by atoms with Gasteiger partial charge < -0.3 is 9.80 Å². The van der Waals surface area contributed by atoms with Crippen molar-refractivity contribution in [2.24, 2.45) is 7.05 Å². The molecule has 0 spiro atoms. The minimum atomic E-state index is -0.300. The smallest absolute Gasteiger partial charge is 0.287 e. The molecule has 0 bridgehead atoms. The van der Waals surface area contributed by atoms with Crippen LogP contribution in [0.4, 0.5) is 5.69 Å². The van der Waals surface area contributed by atoms with Gasteiger partial charge in [0.2, 0.25) is 5.91 Å². The Kier molecular flexibility index (Phi) is 4.09. The van der Waals surface area contributed by atoms with E-state index in [-0.39, 0.29) is 16.5 Å². The van der Waals surface area contributed by atoms with Crippen LogP contribution in [0.2, 0.25) is 5.02 Å². The van der Waals surface area contributed by atoms with E-state index < -0.39 is 0 Å². The number of anilines is 1. The van der Waals surface area contributed by atoms with Crippen molar-refractivity contribution in [3.05, 3.63) is 21.6 Å². The topological polar surface area (TPSA) is 58.4 Å². The van der Waals surface area contributed by atoms with Crippen LogP contribution < -0.4 is 10.5 Å². The number of amides is 1. The van der Waals surface area contributed by atoms with Crippen LogP contribution >= 0.6 is 11.6 Å². The molecule has 0 N–H and O–H groups in total. The van der Waals surface area contributed by atoms with Crippen LogP contribution in [0.25, 0.3) is 0 Å². The number of hydrogen-bond donors (Lipinski definition) is 0. The molecule has 0 atom stereocenters. The van der Waals surface area contributed by atoms with E-state index in [4.69, 9.17) is 11.6 Å². The highest BCUT2D eigenvalue weighted by Crippen LogP contribution is 2.22. The standard InChI is InChI=1S/C12H17ClN4O2/c1-3-10(18)17-6-4-16(5-7-17)9-8-14-15(2)12(19)11(9)13/h8H,3-7H2,1-2H3. The second-order valence-corrected chi connectivity index (χ2v) is 4.87. The number of carbonyl (C=O) groups excluding carboxylic acids is 1. The first-order valence-electron chi connectivity index (χ1n) is 6.29. The molecule has 2 rings (SSSR count). The van der Waals surface area contributed by atoms with E-state index in [0.29, 0.717) is 38.3 Å². The Balaban J connectivity index is 2.12. The van der Waals surface area contributed by atoms with E-state index in [9.17, 15) is 9.59 Å². The molecule has 1 aliphatic heterocycles. The summed E-state index contributed by atoms with van der Waals surface area (Å²) < 4.78 is 1.21. The Labute approximate surface area is 116 Å². The van der Waals surface area contributed by atoms with Crippen LogP contribution in [0, 0.1) is 0 Å². The largest absolute Gasteiger partial charge is 0.365 e. The lowest BCUT2D eigenvalue weighted by Crippen LogP contribution is -2.49. The van der Waals surface area contributed by atoms with Crippen LogP contribution in [-0.2, 0) is 11.8 Å². The van der Waals surface area contributed by atoms with Crippen LogP contribution in [0.15, 0.2) is 11.0 Å². The van der Waals surface area contributed by atoms with Gasteiger partial charge in [-0.3, -0.25) is 9.59 Å². The number of piperazine rings is 1. The lowest BCUT2D eigenvalue weighted by atomic mass is 10.2. The predicted octanol–water partition coefficient (Wildman–Crippen LogP) is 0.492. The molecule has 1 aromatic heterocycles. The molecule has 0 aromatic carbocycles. The number of halogens is 1. The number of nitrogens with zero attached hydrogens (tertiary/aromatic N) is 4. The summed E-state index contributed by atoms with van der Waals surface area (Å²) in [6.45, 7) is 4.49. The number of aromatic nitrogens is 2. The van der Waals surface area contributed by atoms with Crippen molar-refractivity contribution in [3.63, 3.8) is 0 Å². The molecule has 0 radical (unpaired) electrons. The molecular formula is C12H17ClN4O2. The molecule has 0 saturated carbocycles. The van der Waals surface area contributed by atoms with Crippen molar-refractivity contribution in [2.45, 2.75) is 13.3 Å². The lowest BCUT2D eigenvalue weighted by Gasteiger charge is -2.36. The van der Waals surface area contributed by atoms with Gasteiger partial charge in [0, 0.05) is 39.6 Å². The number of carbonyl (C=O) groups is 1. The zero-order valence-electron chi connectivity index (χ0n) is 11.1. The van der Waals surface area contributed by atoms with Gasteiger partial charge in [-0.15, -0.1) is 0 Å². The molecule has 7 heteroatoms. The zero-order chi connectivity index (χ0) is 14.0. The predicted molar refractivity (Wildman–Crippen MR) is 73.6 cm³/mol. The highest BCUT2D eigenvalue weighted by atomic mass is 35.5. The first-order chi connectivity index (χ1) is 9.04. The minimum Gasteiger partial charge on any atom is -0.365 e. The third-order valence-electron chi connectivity index (χ3n) is 3.34. The molecule has 1 amide bonds. The maximum atomic E-state index is 11.7. The van der Waals surface area contributed by atoms with E-state index in [1.165, 1.54) is 4.68 Å². The summed E-state index contributed by atoms with van der Waals surface area (Å²) in [6.07, 6.45) is 2.12. The van der Waals surface area contributed by atoms with E-state index in [2.05, 4.69) is 5.10 Å². The maximum Gasteiger partial charge on any atom is 0.287 e. The van der Waals surface area contributed by atoms with Gasteiger partial charge in [0.05, 0.1) is 11.9 Å². The Hall–Kier alpha value is -1.56. The SMILES string of the molecule is CCC(=O)N1CCN(c2cnn(C)c(=O)c2Cl)CC1. The maximum absolute atomic E-state index is 11.7. The molecule has 2 heterocycles. The molecule has 6 nitrogen and oxygen atoms in total. The molecule has 1 saturated heterocycles. The summed E-state index contributed by atoms with van der Waals surface area (Å²) in [7, 11) is 1.57. The average molecular weight is 285 g/mol. The van der Waals surface area contributed by atoms with Crippen molar-refractivity contribution < 1.29 is 4.79 Å². The van der Waals surface area contributed by atoms with Gasteiger partial charge in [-0.1, -0.05) is 18.5 Å². The van der Waals surface area contributed by atoms with Crippen LogP contribution in [0.1, 0.15) is 13.3 Å². The van der Waals surface area contributed by atoms with Crippen LogP contribution in [0.5, 0.6) is 0 Å². The first kappa shape index (κ1) is 13.9. The van der Waals surface area contributed by atoms with E-state index >= 15 is 0 Å². The Morgan fingerprint density at radius 1 is 1.37 bits per heavy atom. The van der Waals surface area contributed by atoms with Crippen molar-refractivity contribution in [1.29, 1.82) is 0 Å². The highest BCUT2D eigenvalue weighted by molar-refractivity contribution is 6.33. The summed E-state index contributed by atoms with van der Waals surface area (Å²) in [5, 5.41) is 4.17. The van der Waals surface area contributed by atoms with Crippen LogP contribution in [-0.4, -0.2) is 46.8 Å². The van der Waals surface area contributed by atoms with Gasteiger partial charge in [0.1, 0.15) is 5.02 Å². The second kappa shape index (κ2) is 5.61. The van der Waals surface area contributed by atoms with Gasteiger partial charge in [0.15, 0.2) is 0 Å². The van der Waals surface area contributed by atoms with Gasteiger partial charge in [0.25, 0.3) is 5.56 Å². The first-order valence-corrected chi connectivity index (χ1v) is 6.67. The third-order valence-corrected chi connectivity index (χ3v) is 3.69. The molecular weight excluding hydrogens is 268 g/mol. The number of hydrogen-bond acceptors (Lipinski definition) is 4. The quantitative estimate of drug-likeness (QED) is 0.793. The summed E-state index contributed by atoms with van der Waals surface area (Å²) in [5.74, 6) is 0.160. The summed E-state index contributed by atoms with van der Waals surface area (Å²) in [5.41, 5.74) is 0.347. The van der Waals surface area contributed by atoms with E-state index in [1.807, 2.05) is 16.7 Å². The van der Waals surface area contributed by atoms with Gasteiger partial charge >= 0.3 is 0 Å². The van der Waals surface area contributed by atoms with Gasteiger partial charge in [-0.25, -0.2) is 4.68 Å². The van der Waals surface area contributed by atoms with Gasteiger partial charge in [-0.2, -0.15) is 5.10 Å². The van der Waals surface area contributed by atoms with E-state index in [0.717, 1.165) is 0 Å². The molecule has 1 aromatic rings. The fourth-order valence-corrected chi connectivity index (χ4v) is 2.43. The lowest BCUT2D eigenvalue weighted by molar-refractivity contribution is -0.131. The Morgan fingerprint density at radius 3 is 2.58 bits per heavy atom. The van der Waals surface area contributed by atoms with Crippen molar-refractivity contribution in [3.8, 4) is 0 Å². The second-order valence-electron chi connectivity index (χ2n) is 4.49. The third kappa shape index (κ3) is 2.73. The van der Waals surface area contributed by atoms with Crippen molar-refractivity contribution >= 4 is 23.2 Å². The molecule has 104 valence electrons. The Bertz CT molecular complexity index is 535. The normalized spacial score (nSPS) is 15.7. The fraction of sp³-hybridized carbons (Fsp3) is 0.583. The molecule has 1 aliphatic rings. The fourth-order valence-electron chi connectivity index (χ4n) is 2.14. The minimum absolute atomic E-state index is 0.160. The molecule has 0 aliphatic carbocycles. The number of rotatable bonds is 2. The zero-order valence-corrected chi connectivity index (χ0v) is 11.9. The van der Waals surface area contributed by atoms with E-state index in [1.54, 1.807) is 13.2 Å². The average Bonchev–Trinajstić information content (AvgIpc) is 2.44. The number of aryl methyl sites for hydroxylation is 1. The molecule has 19 heavy (non-hydrogen) atoms. The molecule has 0 unspecified atom stereocenters. The summed E-state index contributed by atoms with van der Waals surface area (Å²) >= 11 is 6.06. The van der Waals surface area contributed by atoms with Crippen LogP contribution in [0.3, 0.4) is 0 Å². The monoisotopic (exact) mass is 284 g/mol. The van der Waals surface area contributed by atoms with Gasteiger partial charge in [-0.05, 0) is 0 Å². The Morgan fingerprint density at radius 2 is 2.00 bits per heavy atom. The van der Waals surface area contributed by atoms with Crippen molar-refractivity contribution in [2.75, 3.05) is 31.1 Å². The highest BCUT2D eigenvalue weighted by Gasteiger charge is 2.22. The summed E-state index contributed by atoms with van der Waals surface area (Å²) in [4.78, 5) is 27.1. The van der Waals surface area contributed by atoms with Crippen molar-refractivity contribution in [1.82, 2.24) is 14.7 Å². The molecule has 1 fully saturated rings. The summed E-state index contributed by atoms with van der Waals surface area (Å²) in [6, 6.07) is 0.